The Bertz CT molecular complexity index is 2720. The summed E-state index contributed by atoms with van der Waals surface area (Å²) in [6, 6.07) is 66.7. The lowest BCUT2D eigenvalue weighted by Crippen LogP contribution is -2.41. The van der Waals surface area contributed by atoms with Crippen molar-refractivity contribution in [1.29, 1.82) is 0 Å². The maximum atomic E-state index is 6.98. The number of rotatable bonds is 6. The van der Waals surface area contributed by atoms with Crippen molar-refractivity contribution in [3.63, 3.8) is 0 Å². The first kappa shape index (κ1) is 31.8. The summed E-state index contributed by atoms with van der Waals surface area (Å²) in [6.45, 7) is 2.49. The van der Waals surface area contributed by atoms with Crippen LogP contribution >= 0.6 is 0 Å². The van der Waals surface area contributed by atoms with Gasteiger partial charge in [0.05, 0.1) is 11.1 Å². The minimum atomic E-state index is -0.529. The predicted molar refractivity (Wildman–Crippen MR) is 226 cm³/mol. The van der Waals surface area contributed by atoms with E-state index in [1.165, 1.54) is 61.2 Å². The molecule has 1 spiro atoms. The van der Waals surface area contributed by atoms with Gasteiger partial charge in [-0.3, -0.25) is 0 Å². The van der Waals surface area contributed by atoms with Gasteiger partial charge < -0.3 is 9.32 Å². The third-order valence-corrected chi connectivity index (χ3v) is 12.6. The van der Waals surface area contributed by atoms with Gasteiger partial charge in [0.15, 0.2) is 0 Å². The van der Waals surface area contributed by atoms with Crippen LogP contribution in [-0.4, -0.2) is 0 Å². The van der Waals surface area contributed by atoms with E-state index in [0.29, 0.717) is 0 Å². The Morgan fingerprint density at radius 2 is 1.20 bits per heavy atom. The van der Waals surface area contributed by atoms with Crippen LogP contribution < -0.4 is 4.90 Å². The molecule has 0 N–H and O–H groups in total. The summed E-state index contributed by atoms with van der Waals surface area (Å²) in [5.41, 5.74) is 15.2. The van der Waals surface area contributed by atoms with E-state index in [2.05, 4.69) is 212 Å². The quantitative estimate of drug-likeness (QED) is 0.160. The largest absolute Gasteiger partial charge is 0.456 e. The van der Waals surface area contributed by atoms with Crippen molar-refractivity contribution in [2.24, 2.45) is 5.41 Å². The molecule has 2 nitrogen and oxygen atoms in total. The molecule has 1 heterocycles. The van der Waals surface area contributed by atoms with Crippen molar-refractivity contribution in [2.45, 2.75) is 24.7 Å². The highest BCUT2D eigenvalue weighted by atomic mass is 16.3. The zero-order valence-electron chi connectivity index (χ0n) is 30.7. The van der Waals surface area contributed by atoms with E-state index in [1.54, 1.807) is 0 Å². The molecule has 2 atom stereocenters. The molecule has 7 aromatic carbocycles. The second kappa shape index (κ2) is 12.2. The Hall–Kier alpha value is -6.64. The van der Waals surface area contributed by atoms with Crippen LogP contribution in [0.4, 0.5) is 17.1 Å². The van der Waals surface area contributed by atoms with Crippen LogP contribution in [0.3, 0.4) is 0 Å². The third kappa shape index (κ3) is 4.43. The molecule has 2 heteroatoms. The molecule has 0 aliphatic heterocycles. The standard InChI is InChI=1S/C53H39NO/c1-52-34-17-16-28-44(52)51-50(42-27-14-15-31-47(42)55-51)53(52)43-29-18-30-46(54(39-23-10-4-11-24-39)40-25-12-5-13-26-40)49(43)41-33-32-38(35-45(41)53)48(36-19-6-2-7-20-36)37-21-8-3-9-22-37/h2-33,35,48H,34H2,1H3. The van der Waals surface area contributed by atoms with Crippen LogP contribution in [0.15, 0.2) is 205 Å². The van der Waals surface area contributed by atoms with E-state index in [-0.39, 0.29) is 11.3 Å². The van der Waals surface area contributed by atoms with Crippen LogP contribution in [0.2, 0.25) is 0 Å². The fourth-order valence-corrected chi connectivity index (χ4v) is 10.4. The van der Waals surface area contributed by atoms with E-state index >= 15 is 0 Å². The lowest BCUT2D eigenvalue weighted by molar-refractivity contribution is 0.328. The first-order chi connectivity index (χ1) is 27.2. The Balaban J connectivity index is 1.28. The molecular formula is C53H39NO. The Morgan fingerprint density at radius 1 is 0.582 bits per heavy atom. The number of hydrogen-bond acceptors (Lipinski definition) is 2. The normalized spacial score (nSPS) is 18.9. The van der Waals surface area contributed by atoms with Crippen LogP contribution in [0.5, 0.6) is 0 Å². The van der Waals surface area contributed by atoms with Crippen LogP contribution in [0.25, 0.3) is 27.7 Å². The second-order valence-electron chi connectivity index (χ2n) is 15.4. The summed E-state index contributed by atoms with van der Waals surface area (Å²) in [6.07, 6.45) is 7.81. The molecule has 1 aromatic heterocycles. The van der Waals surface area contributed by atoms with E-state index in [1.807, 2.05) is 0 Å². The molecule has 0 fully saturated rings. The first-order valence-electron chi connectivity index (χ1n) is 19.4. The Labute approximate surface area is 322 Å². The van der Waals surface area contributed by atoms with Crippen molar-refractivity contribution in [1.82, 2.24) is 0 Å². The summed E-state index contributed by atoms with van der Waals surface area (Å²) < 4.78 is 6.98. The number of benzene rings is 7. The topological polar surface area (TPSA) is 16.4 Å². The molecule has 11 rings (SSSR count). The molecule has 0 saturated heterocycles. The zero-order chi connectivity index (χ0) is 36.6. The smallest absolute Gasteiger partial charge is 0.136 e. The maximum absolute atomic E-state index is 6.98. The number of para-hydroxylation sites is 3. The molecule has 2 unspecified atom stereocenters. The zero-order valence-corrected chi connectivity index (χ0v) is 30.7. The molecule has 0 amide bonds. The Kier molecular flexibility index (Phi) is 7.06. The summed E-state index contributed by atoms with van der Waals surface area (Å²) in [7, 11) is 0. The van der Waals surface area contributed by atoms with E-state index in [0.717, 1.165) is 29.1 Å². The van der Waals surface area contributed by atoms with Gasteiger partial charge in [-0.15, -0.1) is 0 Å². The third-order valence-electron chi connectivity index (χ3n) is 12.6. The van der Waals surface area contributed by atoms with Crippen molar-refractivity contribution in [3.8, 4) is 11.1 Å². The fourth-order valence-electron chi connectivity index (χ4n) is 10.4. The molecule has 0 radical (unpaired) electrons. The second-order valence-corrected chi connectivity index (χ2v) is 15.4. The molecule has 8 aromatic rings. The molecule has 3 aliphatic rings. The van der Waals surface area contributed by atoms with E-state index < -0.39 is 5.41 Å². The van der Waals surface area contributed by atoms with Gasteiger partial charge in [-0.25, -0.2) is 0 Å². The van der Waals surface area contributed by atoms with Crippen molar-refractivity contribution in [2.75, 3.05) is 4.90 Å². The predicted octanol–water partition coefficient (Wildman–Crippen LogP) is 13.8. The van der Waals surface area contributed by atoms with Crippen molar-refractivity contribution >= 4 is 33.6 Å². The van der Waals surface area contributed by atoms with Crippen molar-refractivity contribution in [3.05, 3.63) is 239 Å². The fraction of sp³-hybridized carbons (Fsp3) is 0.0943. The highest BCUT2D eigenvalue weighted by Gasteiger charge is 2.65. The lowest BCUT2D eigenvalue weighted by Gasteiger charge is -2.45. The number of allylic oxidation sites excluding steroid dienone is 4. The summed E-state index contributed by atoms with van der Waals surface area (Å²) in [5.74, 6) is 1.09. The minimum absolute atomic E-state index is 0.0640. The monoisotopic (exact) mass is 705 g/mol. The van der Waals surface area contributed by atoms with Gasteiger partial charge in [-0.2, -0.15) is 0 Å². The molecule has 3 aliphatic carbocycles. The van der Waals surface area contributed by atoms with E-state index in [9.17, 15) is 0 Å². The maximum Gasteiger partial charge on any atom is 0.136 e. The van der Waals surface area contributed by atoms with Gasteiger partial charge in [0, 0.05) is 44.8 Å². The van der Waals surface area contributed by atoms with Gasteiger partial charge in [0.1, 0.15) is 11.3 Å². The lowest BCUT2D eigenvalue weighted by atomic mass is 9.56. The van der Waals surface area contributed by atoms with Crippen LogP contribution in [-0.2, 0) is 5.41 Å². The van der Waals surface area contributed by atoms with Gasteiger partial charge in [0.25, 0.3) is 0 Å². The van der Waals surface area contributed by atoms with Gasteiger partial charge in [-0.05, 0) is 76.2 Å². The SMILES string of the molecule is CC12CC=CC=C1c1oc3ccccc3c1C21c2cc(C(c3ccccc3)c3ccccc3)ccc2-c2c(N(c3ccccc3)c3ccccc3)cccc21. The van der Waals surface area contributed by atoms with Crippen LogP contribution in [0, 0.1) is 5.41 Å². The average Bonchev–Trinajstić information content (AvgIpc) is 3.84. The number of fused-ring (bicyclic) bond motifs is 12. The molecule has 55 heavy (non-hydrogen) atoms. The minimum Gasteiger partial charge on any atom is -0.456 e. The highest BCUT2D eigenvalue weighted by Crippen LogP contribution is 2.73. The van der Waals surface area contributed by atoms with Crippen molar-refractivity contribution < 1.29 is 4.42 Å². The van der Waals surface area contributed by atoms with Gasteiger partial charge in [0.2, 0.25) is 0 Å². The average molecular weight is 706 g/mol. The number of furan rings is 1. The van der Waals surface area contributed by atoms with Crippen LogP contribution in [0.1, 0.15) is 58.4 Å². The van der Waals surface area contributed by atoms with Gasteiger partial charge >= 0.3 is 0 Å². The number of anilines is 3. The molecule has 0 saturated carbocycles. The number of nitrogens with zero attached hydrogens (tertiary/aromatic N) is 1. The summed E-state index contributed by atoms with van der Waals surface area (Å²) in [5, 5.41) is 1.19. The van der Waals surface area contributed by atoms with E-state index in [4.69, 9.17) is 4.42 Å². The Morgan fingerprint density at radius 3 is 1.87 bits per heavy atom. The molecule has 262 valence electrons. The molecular weight excluding hydrogens is 667 g/mol. The van der Waals surface area contributed by atoms with Gasteiger partial charge in [-0.1, -0.05) is 171 Å². The number of hydrogen-bond donors (Lipinski definition) is 0. The summed E-state index contributed by atoms with van der Waals surface area (Å²) in [4.78, 5) is 2.44. The first-order valence-corrected chi connectivity index (χ1v) is 19.4. The summed E-state index contributed by atoms with van der Waals surface area (Å²) >= 11 is 0. The molecule has 0 bridgehead atoms. The highest BCUT2D eigenvalue weighted by molar-refractivity contribution is 6.04.